The number of ether oxygens (including phenoxy) is 1. The molecule has 0 fully saturated rings. The Kier molecular flexibility index (Phi) is 17.4. The number of benzene rings is 3. The summed E-state index contributed by atoms with van der Waals surface area (Å²) in [4.78, 5) is 40.5. The number of nitrogens with one attached hydrogen (secondary N) is 2. The topological polar surface area (TPSA) is 193 Å². The van der Waals surface area contributed by atoms with E-state index in [9.17, 15) is 26.9 Å². The van der Waals surface area contributed by atoms with E-state index in [4.69, 9.17) is 9.73 Å². The van der Waals surface area contributed by atoms with Gasteiger partial charge in [0.1, 0.15) is 23.3 Å². The van der Waals surface area contributed by atoms with Crippen molar-refractivity contribution in [3.63, 3.8) is 0 Å². The molecule has 0 atom stereocenters. The molecule has 1 aromatic heterocycles. The molecule has 63 heavy (non-hydrogen) atoms. The van der Waals surface area contributed by atoms with E-state index in [-0.39, 0.29) is 64.2 Å². The molecule has 3 aromatic carbocycles. The Labute approximate surface area is 372 Å². The van der Waals surface area contributed by atoms with E-state index in [1.165, 1.54) is 36.7 Å². The maximum absolute atomic E-state index is 15.1. The Morgan fingerprint density at radius 2 is 1.54 bits per heavy atom. The van der Waals surface area contributed by atoms with Crippen molar-refractivity contribution in [2.75, 3.05) is 47.9 Å². The van der Waals surface area contributed by atoms with E-state index >= 15 is 4.79 Å². The third-order valence-corrected chi connectivity index (χ3v) is 12.8. The van der Waals surface area contributed by atoms with Gasteiger partial charge >= 0.3 is 5.97 Å². The first-order valence-electron chi connectivity index (χ1n) is 21.8. The lowest BCUT2D eigenvalue weighted by molar-refractivity contribution is 0.0518. The van der Waals surface area contributed by atoms with Gasteiger partial charge in [0.05, 0.1) is 35.6 Å². The number of esters is 1. The largest absolute Gasteiger partial charge is 0.461 e. The van der Waals surface area contributed by atoms with Crippen molar-refractivity contribution >= 4 is 60.1 Å². The number of carbonyl (C=O) groups is 1. The number of sulfonamides is 2. The van der Waals surface area contributed by atoms with Crippen LogP contribution in [0.4, 0.5) is 17.1 Å². The second-order valence-corrected chi connectivity index (χ2v) is 19.2. The van der Waals surface area contributed by atoms with Gasteiger partial charge in [-0.05, 0) is 62.6 Å². The van der Waals surface area contributed by atoms with Crippen LogP contribution >= 0.6 is 0 Å². The number of nitrogens with zero attached hydrogens (tertiary/aromatic N) is 5. The van der Waals surface area contributed by atoms with E-state index in [2.05, 4.69) is 27.4 Å². The third kappa shape index (κ3) is 12.7. The highest BCUT2D eigenvalue weighted by atomic mass is 32.2. The fraction of sp³-hybridized carbons (Fsp3) is 0.426. The molecule has 5 rings (SSSR count). The number of aliphatic imine (C=N–C) groups is 1. The van der Waals surface area contributed by atoms with Crippen LogP contribution in [0.1, 0.15) is 112 Å². The molecule has 2 N–H and O–H groups in total. The second-order valence-electron chi connectivity index (χ2n) is 15.5. The minimum Gasteiger partial charge on any atom is -0.461 e. The minimum atomic E-state index is -3.86. The average Bonchev–Trinajstić information content (AvgIpc) is 3.58. The Bertz CT molecular complexity index is 2640. The molecular formula is C47H59N7O7S2. The number of unbranched alkanes of at least 4 members (excludes halogenated alkanes) is 9. The van der Waals surface area contributed by atoms with Crippen LogP contribution in [-0.4, -0.2) is 76.4 Å². The van der Waals surface area contributed by atoms with Crippen molar-refractivity contribution in [1.82, 2.24) is 14.3 Å². The predicted octanol–water partition coefficient (Wildman–Crippen LogP) is 8.46. The molecule has 0 saturated heterocycles. The summed E-state index contributed by atoms with van der Waals surface area (Å²) >= 11 is 0. The molecule has 1 aliphatic rings. The number of aryl methyl sites for hydroxylation is 1. The molecule has 14 nitrogen and oxygen atoms in total. The summed E-state index contributed by atoms with van der Waals surface area (Å²) < 4.78 is 62.3. The van der Waals surface area contributed by atoms with Crippen LogP contribution in [-0.2, 0) is 24.8 Å². The minimum absolute atomic E-state index is 0.0190. The number of nitriles is 1. The fourth-order valence-corrected chi connectivity index (χ4v) is 9.26. The number of aromatic nitrogens is 2. The zero-order chi connectivity index (χ0) is 45.6. The number of rotatable bonds is 24. The zero-order valence-electron chi connectivity index (χ0n) is 36.9. The van der Waals surface area contributed by atoms with Gasteiger partial charge in [-0.25, -0.2) is 36.3 Å². The van der Waals surface area contributed by atoms with Crippen molar-refractivity contribution < 1.29 is 26.4 Å². The highest BCUT2D eigenvalue weighted by Gasteiger charge is 2.37. The molecule has 0 saturated carbocycles. The van der Waals surface area contributed by atoms with Crippen LogP contribution < -0.4 is 19.9 Å². The summed E-state index contributed by atoms with van der Waals surface area (Å²) in [5.74, 6) is -0.930. The molecule has 0 bridgehead atoms. The summed E-state index contributed by atoms with van der Waals surface area (Å²) in [6.07, 6.45) is 11.7. The molecule has 0 unspecified atom stereocenters. The van der Waals surface area contributed by atoms with Gasteiger partial charge in [-0.15, -0.1) is 0 Å². The molecule has 1 aliphatic heterocycles. The van der Waals surface area contributed by atoms with Gasteiger partial charge in [0, 0.05) is 36.5 Å². The summed E-state index contributed by atoms with van der Waals surface area (Å²) in [5, 5.41) is 10.8. The number of anilines is 2. The van der Waals surface area contributed by atoms with Gasteiger partial charge in [-0.2, -0.15) is 5.26 Å². The normalized spacial score (nSPS) is 13.2. The smallest absolute Gasteiger partial charge is 0.359 e. The molecule has 2 heterocycles. The summed E-state index contributed by atoms with van der Waals surface area (Å²) in [6, 6.07) is 23.0. The number of hydrogen-bond acceptors (Lipinski definition) is 11. The lowest BCUT2D eigenvalue weighted by Gasteiger charge is -2.24. The van der Waals surface area contributed by atoms with Crippen molar-refractivity contribution in [2.24, 2.45) is 4.99 Å². The Hall–Kier alpha value is -5.63. The number of hydrogen-bond donors (Lipinski definition) is 2. The predicted molar refractivity (Wildman–Crippen MR) is 252 cm³/mol. The number of allylic oxidation sites excluding steroid dienone is 2. The van der Waals surface area contributed by atoms with E-state index in [1.54, 1.807) is 61.5 Å². The molecule has 0 amide bonds. The van der Waals surface area contributed by atoms with Crippen LogP contribution in [0.15, 0.2) is 82.6 Å². The lowest BCUT2D eigenvalue weighted by atomic mass is 9.99. The van der Waals surface area contributed by atoms with E-state index in [0.717, 1.165) is 37.6 Å². The molecule has 0 spiro atoms. The molecule has 0 radical (unpaired) electrons. The molecule has 4 aromatic rings. The SMILES string of the molecule is CCCCCCCCCCCCS(=O)(=O)Nc1ccccc1-c1nc(C(=O)OCC)c2n(c1=O)C(=Nc1ccc(N(CC)CCNS(C)(=O)=O)cc1C)C(c1ccccc1)=C2C#N. The standard InChI is InChI=1S/C47H59N7O7S2/c1-6-9-10-11-12-13-14-15-16-22-31-63(59,60)52-40-26-21-20-25-37(40)42-46(55)54-44(43(51-42)47(56)61-8-3)38(33-48)41(35-23-18-17-19-24-35)45(54)50-39-28-27-36(32-34(39)4)53(7-2)30-29-49-62(5,57)58/h17-21,23-28,32,49,52H,6-16,22,29-31H2,1-5H3. The first-order valence-corrected chi connectivity index (χ1v) is 25.3. The van der Waals surface area contributed by atoms with E-state index in [0.29, 0.717) is 36.3 Å². The maximum atomic E-state index is 15.1. The van der Waals surface area contributed by atoms with Gasteiger partial charge in [0.2, 0.25) is 20.0 Å². The van der Waals surface area contributed by atoms with Crippen LogP contribution in [0, 0.1) is 18.3 Å². The van der Waals surface area contributed by atoms with Crippen molar-refractivity contribution in [3.05, 3.63) is 106 Å². The molecule has 336 valence electrons. The Morgan fingerprint density at radius 3 is 2.16 bits per heavy atom. The summed E-state index contributed by atoms with van der Waals surface area (Å²) in [7, 11) is -7.22. The summed E-state index contributed by atoms with van der Waals surface area (Å²) in [6.45, 7) is 8.83. The number of carbonyl (C=O) groups excluding carboxylic acids is 1. The fourth-order valence-electron chi connectivity index (χ4n) is 7.60. The Balaban J connectivity index is 1.58. The average molecular weight is 898 g/mol. The van der Waals surface area contributed by atoms with Crippen molar-refractivity contribution in [3.8, 4) is 17.3 Å². The van der Waals surface area contributed by atoms with E-state index in [1.807, 2.05) is 36.9 Å². The zero-order valence-corrected chi connectivity index (χ0v) is 38.6. The van der Waals surface area contributed by atoms with Gasteiger partial charge in [0.15, 0.2) is 5.69 Å². The lowest BCUT2D eigenvalue weighted by Crippen LogP contribution is -2.34. The second kappa shape index (κ2) is 22.6. The number of para-hydroxylation sites is 1. The molecule has 0 aliphatic carbocycles. The van der Waals surface area contributed by atoms with Crippen molar-refractivity contribution in [2.45, 2.75) is 91.9 Å². The number of fused-ring (bicyclic) bond motifs is 1. The van der Waals surface area contributed by atoms with Crippen LogP contribution in [0.25, 0.3) is 22.4 Å². The van der Waals surface area contributed by atoms with Crippen LogP contribution in [0.5, 0.6) is 0 Å². The highest BCUT2D eigenvalue weighted by molar-refractivity contribution is 7.92. The first-order chi connectivity index (χ1) is 30.2. The highest BCUT2D eigenvalue weighted by Crippen LogP contribution is 2.38. The van der Waals surface area contributed by atoms with Gasteiger partial charge in [0.25, 0.3) is 5.56 Å². The van der Waals surface area contributed by atoms with Crippen molar-refractivity contribution in [1.29, 1.82) is 5.26 Å². The van der Waals surface area contributed by atoms with Gasteiger partial charge in [-0.3, -0.25) is 14.1 Å². The van der Waals surface area contributed by atoms with Crippen LogP contribution in [0.3, 0.4) is 0 Å². The van der Waals surface area contributed by atoms with Gasteiger partial charge in [-0.1, -0.05) is 113 Å². The van der Waals surface area contributed by atoms with Crippen LogP contribution in [0.2, 0.25) is 0 Å². The third-order valence-electron chi connectivity index (χ3n) is 10.8. The quantitative estimate of drug-likeness (QED) is 0.0509. The van der Waals surface area contributed by atoms with Gasteiger partial charge < -0.3 is 9.64 Å². The maximum Gasteiger partial charge on any atom is 0.359 e. The number of likely N-dealkylation sites (N-methyl/N-ethyl adjacent to an activating group) is 1. The van der Waals surface area contributed by atoms with E-state index < -0.39 is 31.6 Å². The molecular weight excluding hydrogens is 839 g/mol. The monoisotopic (exact) mass is 897 g/mol. The summed E-state index contributed by atoms with van der Waals surface area (Å²) in [5.41, 5.74) is 1.67. The first kappa shape index (κ1) is 48.4. The molecule has 16 heteroatoms. The Morgan fingerprint density at radius 1 is 0.889 bits per heavy atom.